The minimum absolute atomic E-state index is 0.789. The number of aryl methyl sites for hydroxylation is 2. The number of aromatic nitrogens is 2. The normalized spacial score (nSPS) is 10.7. The van der Waals surface area contributed by atoms with Gasteiger partial charge in [-0.25, -0.2) is 4.68 Å². The van der Waals surface area contributed by atoms with Gasteiger partial charge in [0.2, 0.25) is 0 Å². The van der Waals surface area contributed by atoms with Crippen molar-refractivity contribution in [2.45, 2.75) is 33.2 Å². The molecule has 0 fully saturated rings. The molecular formula is C11H22N4S. The highest BCUT2D eigenvalue weighted by Gasteiger charge is 2.10. The maximum absolute atomic E-state index is 6.00. The number of nitrogens with one attached hydrogen (secondary N) is 1. The number of nitrogens with two attached hydrogens (primary N) is 1. The predicted octanol–water partition coefficient (Wildman–Crippen LogP) is 2.35. The van der Waals surface area contributed by atoms with E-state index in [4.69, 9.17) is 5.73 Å². The molecule has 5 heteroatoms. The second-order valence-electron chi connectivity index (χ2n) is 3.84. The molecule has 1 heterocycles. The SMILES string of the molecule is CCCn1nc(C)c(N)c1NCCCSC. The molecule has 1 aromatic rings. The van der Waals surface area contributed by atoms with E-state index in [0.29, 0.717) is 0 Å². The van der Waals surface area contributed by atoms with Crippen molar-refractivity contribution in [3.63, 3.8) is 0 Å². The van der Waals surface area contributed by atoms with Crippen LogP contribution in [0.25, 0.3) is 0 Å². The fourth-order valence-corrected chi connectivity index (χ4v) is 2.01. The van der Waals surface area contributed by atoms with Gasteiger partial charge in [-0.2, -0.15) is 16.9 Å². The molecule has 0 saturated carbocycles. The molecule has 0 radical (unpaired) electrons. The number of hydrogen-bond donors (Lipinski definition) is 2. The van der Waals surface area contributed by atoms with E-state index in [1.807, 2.05) is 23.4 Å². The second kappa shape index (κ2) is 6.68. The molecule has 1 rings (SSSR count). The summed E-state index contributed by atoms with van der Waals surface area (Å²) >= 11 is 1.87. The van der Waals surface area contributed by atoms with Crippen LogP contribution in [-0.2, 0) is 6.54 Å². The van der Waals surface area contributed by atoms with Crippen LogP contribution < -0.4 is 11.1 Å². The van der Waals surface area contributed by atoms with Crippen LogP contribution in [0.2, 0.25) is 0 Å². The zero-order valence-corrected chi connectivity index (χ0v) is 11.2. The maximum atomic E-state index is 6.00. The van der Waals surface area contributed by atoms with Crippen LogP contribution in [0.3, 0.4) is 0 Å². The smallest absolute Gasteiger partial charge is 0.148 e. The first-order valence-electron chi connectivity index (χ1n) is 5.76. The van der Waals surface area contributed by atoms with Gasteiger partial charge in [0.1, 0.15) is 5.82 Å². The quantitative estimate of drug-likeness (QED) is 0.721. The molecule has 0 aliphatic rings. The van der Waals surface area contributed by atoms with Gasteiger partial charge in [0.05, 0.1) is 11.4 Å². The molecule has 0 aliphatic carbocycles. The van der Waals surface area contributed by atoms with E-state index >= 15 is 0 Å². The Morgan fingerprint density at radius 1 is 1.50 bits per heavy atom. The highest BCUT2D eigenvalue weighted by Crippen LogP contribution is 2.22. The topological polar surface area (TPSA) is 55.9 Å². The summed E-state index contributed by atoms with van der Waals surface area (Å²) in [6, 6.07) is 0. The molecule has 0 aromatic carbocycles. The van der Waals surface area contributed by atoms with Gasteiger partial charge >= 0.3 is 0 Å². The van der Waals surface area contributed by atoms with Crippen molar-refractivity contribution >= 4 is 23.3 Å². The van der Waals surface area contributed by atoms with Crippen molar-refractivity contribution in [1.29, 1.82) is 0 Å². The zero-order valence-electron chi connectivity index (χ0n) is 10.4. The molecule has 0 bridgehead atoms. The average molecular weight is 242 g/mol. The number of nitrogens with zero attached hydrogens (tertiary/aromatic N) is 2. The van der Waals surface area contributed by atoms with E-state index in [-0.39, 0.29) is 0 Å². The van der Waals surface area contributed by atoms with Gasteiger partial charge in [0.25, 0.3) is 0 Å². The highest BCUT2D eigenvalue weighted by molar-refractivity contribution is 7.98. The molecule has 16 heavy (non-hydrogen) atoms. The second-order valence-corrected chi connectivity index (χ2v) is 4.83. The third-order valence-electron chi connectivity index (χ3n) is 2.43. The van der Waals surface area contributed by atoms with E-state index < -0.39 is 0 Å². The molecule has 92 valence electrons. The Hall–Kier alpha value is -0.840. The Kier molecular flexibility index (Phi) is 5.52. The Morgan fingerprint density at radius 3 is 2.88 bits per heavy atom. The van der Waals surface area contributed by atoms with Crippen molar-refractivity contribution in [3.05, 3.63) is 5.69 Å². The van der Waals surface area contributed by atoms with Crippen LogP contribution in [0.5, 0.6) is 0 Å². The lowest BCUT2D eigenvalue weighted by Crippen LogP contribution is -2.10. The minimum Gasteiger partial charge on any atom is -0.394 e. The van der Waals surface area contributed by atoms with Gasteiger partial charge < -0.3 is 11.1 Å². The number of nitrogen functional groups attached to an aromatic ring is 1. The lowest BCUT2D eigenvalue weighted by atomic mass is 10.3. The van der Waals surface area contributed by atoms with Crippen molar-refractivity contribution in [2.24, 2.45) is 0 Å². The number of hydrogen-bond acceptors (Lipinski definition) is 4. The molecule has 4 nitrogen and oxygen atoms in total. The third kappa shape index (κ3) is 3.33. The lowest BCUT2D eigenvalue weighted by Gasteiger charge is -2.09. The Morgan fingerprint density at radius 2 is 2.25 bits per heavy atom. The molecule has 0 atom stereocenters. The third-order valence-corrected chi connectivity index (χ3v) is 3.12. The van der Waals surface area contributed by atoms with Gasteiger partial charge in [-0.05, 0) is 31.8 Å². The molecular weight excluding hydrogens is 220 g/mol. The van der Waals surface area contributed by atoms with Crippen molar-refractivity contribution in [1.82, 2.24) is 9.78 Å². The predicted molar refractivity (Wildman–Crippen MR) is 73.2 cm³/mol. The van der Waals surface area contributed by atoms with Crippen LogP contribution >= 0.6 is 11.8 Å². The van der Waals surface area contributed by atoms with E-state index in [0.717, 1.165) is 43.1 Å². The van der Waals surface area contributed by atoms with E-state index in [1.165, 1.54) is 5.75 Å². The van der Waals surface area contributed by atoms with Gasteiger partial charge in [-0.1, -0.05) is 6.92 Å². The summed E-state index contributed by atoms with van der Waals surface area (Å²) in [4.78, 5) is 0. The van der Waals surface area contributed by atoms with E-state index in [9.17, 15) is 0 Å². The van der Waals surface area contributed by atoms with Gasteiger partial charge in [-0.15, -0.1) is 0 Å². The Balaban J connectivity index is 2.61. The number of anilines is 2. The summed E-state index contributed by atoms with van der Waals surface area (Å²) in [6.45, 7) is 5.97. The molecule has 0 saturated heterocycles. The molecule has 0 spiro atoms. The van der Waals surface area contributed by atoms with Crippen molar-refractivity contribution in [2.75, 3.05) is 29.6 Å². The molecule has 1 aromatic heterocycles. The molecule has 3 N–H and O–H groups in total. The Labute approximate surface area is 102 Å². The summed E-state index contributed by atoms with van der Waals surface area (Å²) in [5.74, 6) is 2.16. The van der Waals surface area contributed by atoms with Gasteiger partial charge in [-0.3, -0.25) is 0 Å². The summed E-state index contributed by atoms with van der Waals surface area (Å²) in [7, 11) is 0. The fraction of sp³-hybridized carbons (Fsp3) is 0.727. The zero-order chi connectivity index (χ0) is 12.0. The minimum atomic E-state index is 0.789. The first kappa shape index (κ1) is 13.2. The van der Waals surface area contributed by atoms with Crippen LogP contribution in [-0.4, -0.2) is 28.3 Å². The highest BCUT2D eigenvalue weighted by atomic mass is 32.2. The first-order valence-corrected chi connectivity index (χ1v) is 7.15. The summed E-state index contributed by atoms with van der Waals surface area (Å²) < 4.78 is 1.98. The largest absolute Gasteiger partial charge is 0.394 e. The molecule has 0 aliphatic heterocycles. The van der Waals surface area contributed by atoms with Crippen molar-refractivity contribution < 1.29 is 0 Å². The maximum Gasteiger partial charge on any atom is 0.148 e. The average Bonchev–Trinajstić information content (AvgIpc) is 2.52. The summed E-state index contributed by atoms with van der Waals surface area (Å²) in [6.07, 6.45) is 4.34. The molecule has 0 amide bonds. The van der Waals surface area contributed by atoms with Crippen LogP contribution in [0, 0.1) is 6.92 Å². The summed E-state index contributed by atoms with van der Waals surface area (Å²) in [5.41, 5.74) is 7.70. The monoisotopic (exact) mass is 242 g/mol. The van der Waals surface area contributed by atoms with Crippen LogP contribution in [0.1, 0.15) is 25.5 Å². The van der Waals surface area contributed by atoms with Gasteiger partial charge in [0.15, 0.2) is 0 Å². The standard InChI is InChI=1S/C11H22N4S/c1-4-7-15-11(10(12)9(2)14-15)13-6-5-8-16-3/h13H,4-8,12H2,1-3H3. The van der Waals surface area contributed by atoms with Crippen LogP contribution in [0.15, 0.2) is 0 Å². The van der Waals surface area contributed by atoms with E-state index in [1.54, 1.807) is 0 Å². The fourth-order valence-electron chi connectivity index (χ4n) is 1.58. The molecule has 0 unspecified atom stereocenters. The lowest BCUT2D eigenvalue weighted by molar-refractivity contribution is 0.602. The van der Waals surface area contributed by atoms with Crippen molar-refractivity contribution in [3.8, 4) is 0 Å². The van der Waals surface area contributed by atoms with Gasteiger partial charge in [0, 0.05) is 13.1 Å². The van der Waals surface area contributed by atoms with E-state index in [2.05, 4.69) is 23.6 Å². The number of thioether (sulfide) groups is 1. The summed E-state index contributed by atoms with van der Waals surface area (Å²) in [5, 5.41) is 7.81. The number of rotatable bonds is 7. The Bertz CT molecular complexity index is 322. The first-order chi connectivity index (χ1) is 7.70. The van der Waals surface area contributed by atoms with Crippen LogP contribution in [0.4, 0.5) is 11.5 Å².